The fourth-order valence-corrected chi connectivity index (χ4v) is 2.83. The number of carboxylic acids is 1. The minimum atomic E-state index is -0.727. The molecule has 1 aliphatic rings. The van der Waals surface area contributed by atoms with Crippen LogP contribution in [0.15, 0.2) is 18.2 Å². The molecule has 21 heavy (non-hydrogen) atoms. The summed E-state index contributed by atoms with van der Waals surface area (Å²) in [4.78, 5) is 13.2. The van der Waals surface area contributed by atoms with Gasteiger partial charge in [0.05, 0.1) is 24.6 Å². The lowest BCUT2D eigenvalue weighted by atomic mass is 9.98. The molecule has 1 aromatic heterocycles. The van der Waals surface area contributed by atoms with Crippen molar-refractivity contribution in [3.63, 3.8) is 0 Å². The van der Waals surface area contributed by atoms with Gasteiger partial charge in [-0.05, 0) is 31.0 Å². The molecule has 1 fully saturated rings. The molecule has 2 heterocycles. The molecule has 1 aliphatic heterocycles. The Morgan fingerprint density at radius 2 is 2.29 bits per heavy atom. The summed E-state index contributed by atoms with van der Waals surface area (Å²) in [6, 6.07) is 5.81. The van der Waals surface area contributed by atoms with Gasteiger partial charge in [-0.2, -0.15) is 0 Å². The third kappa shape index (κ3) is 2.69. The van der Waals surface area contributed by atoms with Gasteiger partial charge in [0.2, 0.25) is 0 Å². The number of aliphatic hydroxyl groups excluding tert-OH is 1. The molecular weight excluding hydrogens is 272 g/mol. The number of carboxylic acid groups (broad SMARTS) is 1. The highest BCUT2D eigenvalue weighted by atomic mass is 16.4. The van der Waals surface area contributed by atoms with Gasteiger partial charge in [-0.3, -0.25) is 4.79 Å². The van der Waals surface area contributed by atoms with Crippen LogP contribution in [-0.2, 0) is 11.3 Å². The van der Waals surface area contributed by atoms with Crippen LogP contribution in [0.25, 0.3) is 11.0 Å². The summed E-state index contributed by atoms with van der Waals surface area (Å²) in [7, 11) is 0. The van der Waals surface area contributed by atoms with E-state index in [1.807, 2.05) is 18.2 Å². The van der Waals surface area contributed by atoms with Crippen molar-refractivity contribution in [3.05, 3.63) is 18.2 Å². The second kappa shape index (κ2) is 5.69. The van der Waals surface area contributed by atoms with Gasteiger partial charge in [0.15, 0.2) is 0 Å². The second-order valence-corrected chi connectivity index (χ2v) is 5.33. The van der Waals surface area contributed by atoms with Gasteiger partial charge < -0.3 is 15.1 Å². The van der Waals surface area contributed by atoms with Crippen molar-refractivity contribution in [2.24, 2.45) is 5.92 Å². The number of fused-ring (bicyclic) bond motifs is 1. The molecule has 0 aliphatic carbocycles. The Bertz CT molecular complexity index is 655. The first-order valence-corrected chi connectivity index (χ1v) is 7.11. The zero-order valence-corrected chi connectivity index (χ0v) is 11.6. The monoisotopic (exact) mass is 290 g/mol. The maximum atomic E-state index is 11.1. The van der Waals surface area contributed by atoms with Gasteiger partial charge in [-0.25, -0.2) is 4.68 Å². The lowest BCUT2D eigenvalue weighted by Crippen LogP contribution is -2.38. The third-order valence-corrected chi connectivity index (χ3v) is 3.95. The highest BCUT2D eigenvalue weighted by Crippen LogP contribution is 2.26. The van der Waals surface area contributed by atoms with Crippen molar-refractivity contribution < 1.29 is 15.0 Å². The van der Waals surface area contributed by atoms with E-state index in [0.29, 0.717) is 13.1 Å². The van der Waals surface area contributed by atoms with E-state index in [9.17, 15) is 4.79 Å². The minimum absolute atomic E-state index is 0.0205. The summed E-state index contributed by atoms with van der Waals surface area (Å²) in [5.41, 5.74) is 2.61. The molecule has 0 spiro atoms. The van der Waals surface area contributed by atoms with E-state index < -0.39 is 5.97 Å². The van der Waals surface area contributed by atoms with Crippen LogP contribution >= 0.6 is 0 Å². The fourth-order valence-electron chi connectivity index (χ4n) is 2.83. The first-order valence-electron chi connectivity index (χ1n) is 7.11. The number of aliphatic hydroxyl groups is 1. The van der Waals surface area contributed by atoms with Crippen molar-refractivity contribution in [1.29, 1.82) is 0 Å². The minimum Gasteiger partial charge on any atom is -0.481 e. The van der Waals surface area contributed by atoms with Crippen LogP contribution in [0.2, 0.25) is 0 Å². The van der Waals surface area contributed by atoms with E-state index in [1.54, 1.807) is 4.68 Å². The van der Waals surface area contributed by atoms with Gasteiger partial charge in [0.25, 0.3) is 0 Å². The molecule has 0 saturated carbocycles. The zero-order chi connectivity index (χ0) is 14.8. The Morgan fingerprint density at radius 3 is 3.05 bits per heavy atom. The van der Waals surface area contributed by atoms with Crippen molar-refractivity contribution >= 4 is 22.7 Å². The molecule has 1 aromatic carbocycles. The number of hydrogen-bond donors (Lipinski definition) is 2. The molecule has 1 unspecified atom stereocenters. The third-order valence-electron chi connectivity index (χ3n) is 3.95. The van der Waals surface area contributed by atoms with E-state index in [2.05, 4.69) is 15.2 Å². The summed E-state index contributed by atoms with van der Waals surface area (Å²) >= 11 is 0. The maximum Gasteiger partial charge on any atom is 0.308 e. The smallest absolute Gasteiger partial charge is 0.308 e. The van der Waals surface area contributed by atoms with E-state index in [0.717, 1.165) is 36.1 Å². The number of nitrogens with zero attached hydrogens (tertiary/aromatic N) is 4. The van der Waals surface area contributed by atoms with E-state index >= 15 is 0 Å². The highest BCUT2D eigenvalue weighted by molar-refractivity contribution is 5.79. The predicted molar refractivity (Wildman–Crippen MR) is 77.2 cm³/mol. The quantitative estimate of drug-likeness (QED) is 0.862. The number of anilines is 1. The number of rotatable bonds is 4. The van der Waals surface area contributed by atoms with Gasteiger partial charge in [-0.1, -0.05) is 5.21 Å². The topological polar surface area (TPSA) is 91.5 Å². The van der Waals surface area contributed by atoms with Crippen LogP contribution in [0.5, 0.6) is 0 Å². The molecule has 112 valence electrons. The maximum absolute atomic E-state index is 11.1. The van der Waals surface area contributed by atoms with Crippen LogP contribution in [0.1, 0.15) is 12.8 Å². The summed E-state index contributed by atoms with van der Waals surface area (Å²) in [6.07, 6.45) is 1.62. The van der Waals surface area contributed by atoms with Crippen molar-refractivity contribution in [2.75, 3.05) is 24.6 Å². The molecular formula is C14H18N4O3. The zero-order valence-electron chi connectivity index (χ0n) is 11.6. The van der Waals surface area contributed by atoms with Crippen LogP contribution in [0, 0.1) is 5.92 Å². The number of aliphatic carboxylic acids is 1. The van der Waals surface area contributed by atoms with Crippen molar-refractivity contribution in [1.82, 2.24) is 15.0 Å². The average molecular weight is 290 g/mol. The normalized spacial score (nSPS) is 19.1. The van der Waals surface area contributed by atoms with Crippen LogP contribution < -0.4 is 4.90 Å². The lowest BCUT2D eigenvalue weighted by Gasteiger charge is -2.32. The van der Waals surface area contributed by atoms with Crippen LogP contribution in [0.3, 0.4) is 0 Å². The number of hydrogen-bond acceptors (Lipinski definition) is 5. The first-order chi connectivity index (χ1) is 10.2. The Hall–Kier alpha value is -2.15. The summed E-state index contributed by atoms with van der Waals surface area (Å²) < 4.78 is 1.66. The number of benzene rings is 1. The SMILES string of the molecule is O=C(O)C1CCCN(c2ccc3c(c2)nnn3CCO)C1. The fraction of sp³-hybridized carbons (Fsp3) is 0.500. The Labute approximate surface area is 121 Å². The van der Waals surface area contributed by atoms with Gasteiger partial charge >= 0.3 is 5.97 Å². The summed E-state index contributed by atoms with van der Waals surface area (Å²) in [5.74, 6) is -1.03. The molecule has 1 atom stereocenters. The molecule has 2 aromatic rings. The standard InChI is InChI=1S/C14H18N4O3/c19-7-6-18-13-4-3-11(8-12(13)15-16-18)17-5-1-2-10(9-17)14(20)21/h3-4,8,10,19H,1-2,5-7,9H2,(H,20,21). The predicted octanol–water partition coefficient (Wildman–Crippen LogP) is 0.725. The van der Waals surface area contributed by atoms with Gasteiger partial charge in [-0.15, -0.1) is 5.10 Å². The first kappa shape index (κ1) is 13.8. The number of piperidine rings is 1. The van der Waals surface area contributed by atoms with Crippen LogP contribution in [0.4, 0.5) is 5.69 Å². The molecule has 0 radical (unpaired) electrons. The molecule has 1 saturated heterocycles. The van der Waals surface area contributed by atoms with Crippen molar-refractivity contribution in [3.8, 4) is 0 Å². The molecule has 7 heteroatoms. The molecule has 0 bridgehead atoms. The molecule has 7 nitrogen and oxygen atoms in total. The number of carbonyl (C=O) groups is 1. The number of aromatic nitrogens is 3. The average Bonchev–Trinajstić information content (AvgIpc) is 2.90. The van der Waals surface area contributed by atoms with Gasteiger partial charge in [0.1, 0.15) is 5.52 Å². The molecule has 0 amide bonds. The Kier molecular flexibility index (Phi) is 3.74. The Balaban J connectivity index is 1.85. The van der Waals surface area contributed by atoms with E-state index in [1.165, 1.54) is 0 Å². The van der Waals surface area contributed by atoms with E-state index in [-0.39, 0.29) is 12.5 Å². The lowest BCUT2D eigenvalue weighted by molar-refractivity contribution is -0.141. The molecule has 3 rings (SSSR count). The summed E-state index contributed by atoms with van der Waals surface area (Å²) in [5, 5.41) is 26.3. The Morgan fingerprint density at radius 1 is 1.43 bits per heavy atom. The summed E-state index contributed by atoms with van der Waals surface area (Å²) in [6.45, 7) is 1.83. The largest absolute Gasteiger partial charge is 0.481 e. The van der Waals surface area contributed by atoms with Gasteiger partial charge in [0, 0.05) is 18.8 Å². The van der Waals surface area contributed by atoms with E-state index in [4.69, 9.17) is 10.2 Å². The second-order valence-electron chi connectivity index (χ2n) is 5.33. The highest BCUT2D eigenvalue weighted by Gasteiger charge is 2.25. The van der Waals surface area contributed by atoms with Crippen LogP contribution in [-0.4, -0.2) is 50.9 Å². The van der Waals surface area contributed by atoms with Crippen molar-refractivity contribution in [2.45, 2.75) is 19.4 Å². The molecule has 2 N–H and O–H groups in total.